The minimum atomic E-state index is -5.25. The zero-order chi connectivity index (χ0) is 28.8. The Hall–Kier alpha value is -2.34. The van der Waals surface area contributed by atoms with Crippen LogP contribution in [0.2, 0.25) is 5.02 Å². The topological polar surface area (TPSA) is 123 Å². The molecule has 41 heavy (non-hydrogen) atoms. The Bertz CT molecular complexity index is 1590. The summed E-state index contributed by atoms with van der Waals surface area (Å²) in [5.41, 5.74) is 3.19. The summed E-state index contributed by atoms with van der Waals surface area (Å²) in [5, 5.41) is 6.64. The highest BCUT2D eigenvalue weighted by Gasteiger charge is 2.33. The summed E-state index contributed by atoms with van der Waals surface area (Å²) < 4.78 is 57.8. The molecule has 0 amide bonds. The third-order valence-electron chi connectivity index (χ3n) is 6.74. The van der Waals surface area contributed by atoms with Crippen molar-refractivity contribution in [3.05, 3.63) is 52.7 Å². The average Bonchev–Trinajstić information content (AvgIpc) is 2.83. The summed E-state index contributed by atoms with van der Waals surface area (Å²) in [6.07, 6.45) is 2.31. The van der Waals surface area contributed by atoms with Crippen LogP contribution in [-0.2, 0) is 27.0 Å². The number of aromatic nitrogens is 2. The first kappa shape index (κ1) is 34.9. The quantitative estimate of drug-likeness (QED) is 0.217. The van der Waals surface area contributed by atoms with Crippen molar-refractivity contribution in [2.24, 2.45) is 0 Å². The third kappa shape index (κ3) is 7.94. The molecule has 0 radical (unpaired) electrons. The number of fused-ring (bicyclic) bond motifs is 1. The van der Waals surface area contributed by atoms with Gasteiger partial charge in [-0.25, -0.2) is 4.98 Å². The Labute approximate surface area is 257 Å². The highest BCUT2D eigenvalue weighted by atomic mass is 35.5. The highest BCUT2D eigenvalue weighted by molar-refractivity contribution is 7.81. The first-order chi connectivity index (χ1) is 18.1. The lowest BCUT2D eigenvalue weighted by atomic mass is 9.83. The van der Waals surface area contributed by atoms with E-state index in [1.54, 1.807) is 7.11 Å². The van der Waals surface area contributed by atoms with Gasteiger partial charge in [-0.3, -0.25) is 4.90 Å². The Kier molecular flexibility index (Phi) is 11.0. The average molecular weight is 671 g/mol. The molecule has 0 saturated carbocycles. The van der Waals surface area contributed by atoms with Gasteiger partial charge in [0.1, 0.15) is 23.7 Å². The predicted molar refractivity (Wildman–Crippen MR) is 167 cm³/mol. The number of anilines is 4. The Balaban J connectivity index is 0.00000294. The Morgan fingerprint density at radius 1 is 1.12 bits per heavy atom. The van der Waals surface area contributed by atoms with Crippen LogP contribution >= 0.6 is 43.6 Å². The molecular formula is C25H32Cl3FN5O5PS. The highest BCUT2D eigenvalue weighted by Crippen LogP contribution is 2.42. The van der Waals surface area contributed by atoms with E-state index < -0.39 is 17.6 Å². The Morgan fingerprint density at radius 2 is 1.80 bits per heavy atom. The molecule has 1 aliphatic rings. The standard InChI is InChI=1S/C25H30ClFN5O5PS.2ClH/c1-25(2)17-13-20(21(36-4)11-15(17)9-10-32(25)3)30-24-28-14-18(26)23(31-24)29-19-8-7-16(37-39(27,34)35)12-22(19)38(5,6)33;;/h7-8,11-14H,9-10H2,1-6H3,(H2,28,29,30,31);2*1H. The number of ether oxygens (including phenoxy) is 1. The van der Waals surface area contributed by atoms with Crippen LogP contribution in [0.1, 0.15) is 25.0 Å². The van der Waals surface area contributed by atoms with Gasteiger partial charge in [-0.15, -0.1) is 24.8 Å². The first-order valence-corrected chi connectivity index (χ1v) is 16.2. The number of nitrogens with one attached hydrogen (secondary N) is 2. The number of nitrogens with zero attached hydrogens (tertiary/aromatic N) is 3. The van der Waals surface area contributed by atoms with Gasteiger partial charge in [-0.05, 0) is 82.1 Å². The molecular weight excluding hydrogens is 639 g/mol. The number of likely N-dealkylation sites (N-methyl/N-ethyl adjacent to an activating group) is 1. The van der Waals surface area contributed by atoms with E-state index in [9.17, 15) is 16.9 Å². The molecule has 0 bridgehead atoms. The molecule has 1 aliphatic heterocycles. The lowest BCUT2D eigenvalue weighted by Crippen LogP contribution is -2.44. The summed E-state index contributed by atoms with van der Waals surface area (Å²) in [6, 6.07) is 7.89. The molecule has 226 valence electrons. The van der Waals surface area contributed by atoms with Crippen LogP contribution in [0, 0.1) is 0 Å². The van der Waals surface area contributed by atoms with Crippen LogP contribution in [-0.4, -0.2) is 57.3 Å². The summed E-state index contributed by atoms with van der Waals surface area (Å²) in [5.74, 6) is 0.753. The lowest BCUT2D eigenvalue weighted by Gasteiger charge is -2.42. The van der Waals surface area contributed by atoms with Crippen molar-refractivity contribution in [1.29, 1.82) is 0 Å². The number of hydrogen-bond acceptors (Lipinski definition) is 10. The van der Waals surface area contributed by atoms with Crippen LogP contribution in [0.15, 0.2) is 36.5 Å². The fourth-order valence-electron chi connectivity index (χ4n) is 4.43. The van der Waals surface area contributed by atoms with E-state index in [1.165, 1.54) is 43.3 Å². The number of rotatable bonds is 8. The molecule has 10 nitrogen and oxygen atoms in total. The van der Waals surface area contributed by atoms with Gasteiger partial charge in [0.05, 0.1) is 24.7 Å². The molecule has 2 heterocycles. The molecule has 2 aromatic carbocycles. The fourth-order valence-corrected chi connectivity index (χ4v) is 6.05. The van der Waals surface area contributed by atoms with Gasteiger partial charge in [0.15, 0.2) is 5.82 Å². The van der Waals surface area contributed by atoms with Crippen molar-refractivity contribution < 1.29 is 25.8 Å². The molecule has 0 aliphatic carbocycles. The van der Waals surface area contributed by atoms with E-state index in [1.807, 2.05) is 12.1 Å². The van der Waals surface area contributed by atoms with Crippen LogP contribution in [0.3, 0.4) is 0 Å². The minimum Gasteiger partial charge on any atom is -0.495 e. The van der Waals surface area contributed by atoms with Crippen LogP contribution in [0.25, 0.3) is 0 Å². The summed E-state index contributed by atoms with van der Waals surface area (Å²) in [7, 11) is -4.55. The van der Waals surface area contributed by atoms with Crippen LogP contribution < -0.4 is 24.9 Å². The van der Waals surface area contributed by atoms with E-state index >= 15 is 0 Å². The zero-order valence-corrected chi connectivity index (χ0v) is 27.3. The summed E-state index contributed by atoms with van der Waals surface area (Å²) in [4.78, 5) is 11.1. The van der Waals surface area contributed by atoms with Gasteiger partial charge in [0.25, 0.3) is 0 Å². The molecule has 0 spiro atoms. The van der Waals surface area contributed by atoms with Gasteiger partial charge in [-0.1, -0.05) is 15.5 Å². The van der Waals surface area contributed by atoms with E-state index in [0.717, 1.165) is 18.5 Å². The van der Waals surface area contributed by atoms with E-state index in [-0.39, 0.29) is 58.2 Å². The van der Waals surface area contributed by atoms with Gasteiger partial charge in [0, 0.05) is 17.4 Å². The molecule has 1 aromatic heterocycles. The van der Waals surface area contributed by atoms with Gasteiger partial charge < -0.3 is 24.1 Å². The molecule has 4 rings (SSSR count). The summed E-state index contributed by atoms with van der Waals surface area (Å²) in [6.45, 7) is 8.23. The SMILES string of the molecule is COc1cc2c(cc1Nc1ncc(Cl)c(Nc3ccc(OS(=O)(=O)F)cc3P(C)(C)=O)n1)C(C)(C)N(C)CC2.Cl.Cl. The van der Waals surface area contributed by atoms with Gasteiger partial charge in [-0.2, -0.15) is 13.4 Å². The number of hydrogen-bond donors (Lipinski definition) is 2. The third-order valence-corrected chi connectivity index (χ3v) is 8.94. The van der Waals surface area contributed by atoms with Crippen LogP contribution in [0.4, 0.5) is 27.0 Å². The maximum Gasteiger partial charge on any atom is 0.488 e. The van der Waals surface area contributed by atoms with Gasteiger partial charge in [0.2, 0.25) is 5.95 Å². The summed E-state index contributed by atoms with van der Waals surface area (Å²) >= 11 is 6.37. The van der Waals surface area contributed by atoms with Crippen LogP contribution in [0.5, 0.6) is 11.5 Å². The second kappa shape index (κ2) is 12.9. The largest absolute Gasteiger partial charge is 0.495 e. The molecule has 0 saturated heterocycles. The first-order valence-electron chi connectivity index (χ1n) is 11.9. The van der Waals surface area contributed by atoms with Gasteiger partial charge >= 0.3 is 10.5 Å². The Morgan fingerprint density at radius 3 is 2.41 bits per heavy atom. The maximum atomic E-state index is 13.0. The lowest BCUT2D eigenvalue weighted by molar-refractivity contribution is 0.143. The molecule has 0 unspecified atom stereocenters. The van der Waals surface area contributed by atoms with Crippen molar-refractivity contribution in [2.75, 3.05) is 44.7 Å². The maximum absolute atomic E-state index is 13.0. The second-order valence-corrected chi connectivity index (χ2v) is 14.6. The molecule has 3 aromatic rings. The number of halogens is 4. The van der Waals surface area contributed by atoms with Crippen molar-refractivity contribution in [2.45, 2.75) is 25.8 Å². The smallest absolute Gasteiger partial charge is 0.488 e. The van der Waals surface area contributed by atoms with Crippen molar-refractivity contribution in [3.63, 3.8) is 0 Å². The number of methoxy groups -OCH3 is 1. The molecule has 0 fully saturated rings. The fraction of sp³-hybridized carbons (Fsp3) is 0.360. The molecule has 0 atom stereocenters. The van der Waals surface area contributed by atoms with Crippen molar-refractivity contribution in [1.82, 2.24) is 14.9 Å². The van der Waals surface area contributed by atoms with Crippen molar-refractivity contribution >= 4 is 82.5 Å². The van der Waals surface area contributed by atoms with E-state index in [2.05, 4.69) is 50.6 Å². The predicted octanol–water partition coefficient (Wildman–Crippen LogP) is 6.03. The number of benzene rings is 2. The zero-order valence-electron chi connectivity index (χ0n) is 23.2. The van der Waals surface area contributed by atoms with E-state index in [0.29, 0.717) is 17.1 Å². The van der Waals surface area contributed by atoms with Crippen molar-refractivity contribution in [3.8, 4) is 11.5 Å². The molecule has 2 N–H and O–H groups in total. The second-order valence-electron chi connectivity index (χ2n) is 10.1. The monoisotopic (exact) mass is 669 g/mol. The normalized spacial score (nSPS) is 14.6. The minimum absolute atomic E-state index is 0. The molecule has 16 heteroatoms. The van der Waals surface area contributed by atoms with E-state index in [4.69, 9.17) is 16.3 Å².